The maximum absolute atomic E-state index is 13.6. The number of likely N-dealkylation sites (tertiary alicyclic amines) is 1. The molecule has 2 heterocycles. The lowest BCUT2D eigenvalue weighted by atomic mass is 9.53. The normalized spacial score (nSPS) is 30.8. The average Bonchev–Trinajstić information content (AvgIpc) is 3.46. The predicted octanol–water partition coefficient (Wildman–Crippen LogP) is 7.23. The van der Waals surface area contributed by atoms with Gasteiger partial charge in [0.15, 0.2) is 0 Å². The minimum Gasteiger partial charge on any atom is -0.345 e. The number of carbonyl (C=O) groups is 2. The van der Waals surface area contributed by atoms with Crippen LogP contribution in [0.3, 0.4) is 0 Å². The molecule has 222 valence electrons. The number of aromatic nitrogens is 1. The Hall–Kier alpha value is -2.94. The van der Waals surface area contributed by atoms with E-state index < -0.39 is 17.7 Å². The number of hydrogen-bond donors (Lipinski definition) is 1. The van der Waals surface area contributed by atoms with Gasteiger partial charge in [-0.05, 0) is 98.8 Å². The Morgan fingerprint density at radius 2 is 1.62 bits per heavy atom. The van der Waals surface area contributed by atoms with Crippen LogP contribution in [-0.2, 0) is 11.0 Å². The maximum Gasteiger partial charge on any atom is 0.416 e. The van der Waals surface area contributed by atoms with Gasteiger partial charge < -0.3 is 10.2 Å². The second kappa shape index (κ2) is 10.6. The zero-order chi connectivity index (χ0) is 29.1. The summed E-state index contributed by atoms with van der Waals surface area (Å²) in [5.74, 6) is 2.06. The van der Waals surface area contributed by atoms with Crippen molar-refractivity contribution in [2.24, 2.45) is 23.7 Å². The van der Waals surface area contributed by atoms with Crippen molar-refractivity contribution in [3.8, 4) is 0 Å². The third-order valence-corrected chi connectivity index (χ3v) is 11.3. The first-order valence-electron chi connectivity index (χ1n) is 15.3. The Kier molecular flexibility index (Phi) is 7.07. The van der Waals surface area contributed by atoms with Crippen molar-refractivity contribution in [1.82, 2.24) is 15.2 Å². The summed E-state index contributed by atoms with van der Waals surface area (Å²) < 4.78 is 39.1. The zero-order valence-corrected chi connectivity index (χ0v) is 24.4. The molecule has 1 saturated heterocycles. The largest absolute Gasteiger partial charge is 0.416 e. The quantitative estimate of drug-likeness (QED) is 0.397. The Balaban J connectivity index is 0.964. The molecule has 8 rings (SSSR count). The molecule has 9 heteroatoms. The number of halogens is 3. The molecule has 1 aromatic heterocycles. The molecule has 5 fully saturated rings. The van der Waals surface area contributed by atoms with Crippen LogP contribution in [0.5, 0.6) is 0 Å². The first kappa shape index (κ1) is 27.9. The predicted molar refractivity (Wildman–Crippen MR) is 156 cm³/mol. The fourth-order valence-corrected chi connectivity index (χ4v) is 9.70. The molecule has 4 saturated carbocycles. The summed E-state index contributed by atoms with van der Waals surface area (Å²) in [6, 6.07) is 5.07. The Morgan fingerprint density at radius 1 is 0.976 bits per heavy atom. The van der Waals surface area contributed by atoms with Gasteiger partial charge >= 0.3 is 6.18 Å². The van der Waals surface area contributed by atoms with E-state index in [9.17, 15) is 22.8 Å². The van der Waals surface area contributed by atoms with Crippen LogP contribution in [0.2, 0.25) is 0 Å². The summed E-state index contributed by atoms with van der Waals surface area (Å²) in [4.78, 5) is 33.5. The number of hydrogen-bond acceptors (Lipinski definition) is 4. The number of nitrogens with zero attached hydrogens (tertiary/aromatic N) is 2. The van der Waals surface area contributed by atoms with Crippen molar-refractivity contribution < 1.29 is 22.8 Å². The zero-order valence-electron chi connectivity index (χ0n) is 23.5. The minimum absolute atomic E-state index is 0.0127. The number of allylic oxidation sites excluding steroid dienone is 3. The van der Waals surface area contributed by atoms with Gasteiger partial charge in [-0.1, -0.05) is 30.4 Å². The molecule has 2 amide bonds. The van der Waals surface area contributed by atoms with Gasteiger partial charge in [0, 0.05) is 29.9 Å². The van der Waals surface area contributed by atoms with Crippen LogP contribution in [0.1, 0.15) is 90.3 Å². The van der Waals surface area contributed by atoms with Gasteiger partial charge in [-0.3, -0.25) is 9.59 Å². The van der Waals surface area contributed by atoms with Gasteiger partial charge in [-0.25, -0.2) is 4.98 Å². The van der Waals surface area contributed by atoms with Crippen molar-refractivity contribution in [2.45, 2.75) is 75.4 Å². The highest BCUT2D eigenvalue weighted by Crippen LogP contribution is 2.55. The highest BCUT2D eigenvalue weighted by molar-refractivity contribution is 7.09. The molecule has 42 heavy (non-hydrogen) atoms. The van der Waals surface area contributed by atoms with E-state index in [4.69, 9.17) is 4.98 Å². The van der Waals surface area contributed by atoms with E-state index in [-0.39, 0.29) is 23.3 Å². The lowest BCUT2D eigenvalue weighted by Crippen LogP contribution is -2.59. The molecule has 1 N–H and O–H groups in total. The number of carbonyl (C=O) groups excluding carboxylic acids is 2. The maximum atomic E-state index is 13.6. The van der Waals surface area contributed by atoms with E-state index in [0.717, 1.165) is 72.6 Å². The first-order chi connectivity index (χ1) is 20.2. The van der Waals surface area contributed by atoms with E-state index in [1.54, 1.807) is 11.3 Å². The third-order valence-electron chi connectivity index (χ3n) is 10.3. The fourth-order valence-electron chi connectivity index (χ4n) is 8.73. The van der Waals surface area contributed by atoms with Gasteiger partial charge in [0.25, 0.3) is 5.91 Å². The van der Waals surface area contributed by atoms with E-state index in [1.807, 2.05) is 28.5 Å². The highest BCUT2D eigenvalue weighted by atomic mass is 32.1. The van der Waals surface area contributed by atoms with Crippen LogP contribution >= 0.6 is 11.3 Å². The van der Waals surface area contributed by atoms with Gasteiger partial charge in [0.05, 0.1) is 16.5 Å². The monoisotopic (exact) mass is 595 g/mol. The molecule has 2 aromatic rings. The number of alkyl halides is 3. The van der Waals surface area contributed by atoms with Crippen LogP contribution in [0.4, 0.5) is 13.2 Å². The average molecular weight is 596 g/mol. The van der Waals surface area contributed by atoms with E-state index in [0.29, 0.717) is 30.8 Å². The number of piperidine rings is 1. The van der Waals surface area contributed by atoms with Crippen LogP contribution in [0, 0.1) is 23.7 Å². The van der Waals surface area contributed by atoms with Gasteiger partial charge in [0.1, 0.15) is 5.69 Å². The van der Waals surface area contributed by atoms with Crippen molar-refractivity contribution in [3.05, 3.63) is 69.7 Å². The summed E-state index contributed by atoms with van der Waals surface area (Å²) >= 11 is 1.54. The summed E-state index contributed by atoms with van der Waals surface area (Å²) in [5, 5.41) is 6.28. The number of benzene rings is 1. The molecule has 1 atom stereocenters. The molecule has 5 aliphatic carbocycles. The number of rotatable bonds is 5. The SMILES string of the molecule is O=C(NC12CC3CC(CC(C3)C1)C2)c1csc(C2CCN(C(=O)C3CC=CC=C3c3ccc(C(F)(F)F)cc3)CC2)n1. The van der Waals surface area contributed by atoms with E-state index in [2.05, 4.69) is 5.32 Å². The molecule has 1 unspecified atom stereocenters. The Labute approximate surface area is 248 Å². The highest BCUT2D eigenvalue weighted by Gasteiger charge is 2.51. The van der Waals surface area contributed by atoms with Crippen LogP contribution in [0.15, 0.2) is 47.9 Å². The molecule has 6 aliphatic rings. The lowest BCUT2D eigenvalue weighted by Gasteiger charge is -2.56. The van der Waals surface area contributed by atoms with E-state index in [1.165, 1.54) is 31.4 Å². The summed E-state index contributed by atoms with van der Waals surface area (Å²) in [5.41, 5.74) is 1.18. The Morgan fingerprint density at radius 3 is 2.24 bits per heavy atom. The van der Waals surface area contributed by atoms with Gasteiger partial charge in [0.2, 0.25) is 5.91 Å². The van der Waals surface area contributed by atoms with Gasteiger partial charge in [-0.15, -0.1) is 11.3 Å². The fraction of sp³-hybridized carbons (Fsp3) is 0.545. The van der Waals surface area contributed by atoms with Crippen molar-refractivity contribution in [3.63, 3.8) is 0 Å². The van der Waals surface area contributed by atoms with E-state index >= 15 is 0 Å². The second-order valence-electron chi connectivity index (χ2n) is 13.2. The minimum atomic E-state index is -4.39. The van der Waals surface area contributed by atoms with Crippen molar-refractivity contribution >= 4 is 28.7 Å². The van der Waals surface area contributed by atoms with Crippen LogP contribution < -0.4 is 5.32 Å². The molecular formula is C33H36F3N3O2S. The number of thiazole rings is 1. The molecule has 5 nitrogen and oxygen atoms in total. The second-order valence-corrected chi connectivity index (χ2v) is 14.1. The molecule has 1 aliphatic heterocycles. The standard InChI is InChI=1S/C33H36F3N3O2S/c34-33(35,36)25-7-5-23(6-8-25)26-3-1-2-4-27(26)31(41)39-11-9-24(10-12-39)30-37-28(19-42-30)29(40)38-32-16-20-13-21(17-32)15-22(14-20)18-32/h1-3,5-8,19-22,24,27H,4,9-18H2,(H,38,40). The van der Waals surface area contributed by atoms with Crippen molar-refractivity contribution in [2.75, 3.05) is 13.1 Å². The Bertz CT molecular complexity index is 1380. The molecular weight excluding hydrogens is 559 g/mol. The third kappa shape index (κ3) is 5.33. The molecule has 0 spiro atoms. The number of nitrogens with one attached hydrogen (secondary N) is 1. The van der Waals surface area contributed by atoms with Crippen LogP contribution in [-0.4, -0.2) is 40.3 Å². The topological polar surface area (TPSA) is 62.3 Å². The molecule has 1 aromatic carbocycles. The van der Waals surface area contributed by atoms with Crippen molar-refractivity contribution in [1.29, 1.82) is 0 Å². The smallest absolute Gasteiger partial charge is 0.345 e. The van der Waals surface area contributed by atoms with Gasteiger partial charge in [-0.2, -0.15) is 13.2 Å². The van der Waals surface area contributed by atoms with Crippen LogP contribution in [0.25, 0.3) is 5.57 Å². The summed E-state index contributed by atoms with van der Waals surface area (Å²) in [6.45, 7) is 1.19. The summed E-state index contributed by atoms with van der Waals surface area (Å²) in [6.07, 6.45) is 10.7. The molecule has 0 radical (unpaired) electrons. The molecule has 4 bridgehead atoms. The summed E-state index contributed by atoms with van der Waals surface area (Å²) in [7, 11) is 0. The number of amides is 2. The lowest BCUT2D eigenvalue weighted by molar-refractivity contribution is -0.137. The first-order valence-corrected chi connectivity index (χ1v) is 16.1.